The second-order valence-electron chi connectivity index (χ2n) is 4.88. The van der Waals surface area contributed by atoms with Gasteiger partial charge in [0.25, 0.3) is 0 Å². The smallest absolute Gasteiger partial charge is 0.138 e. The molecule has 0 saturated heterocycles. The molecule has 0 saturated carbocycles. The highest BCUT2D eigenvalue weighted by Gasteiger charge is 2.05. The van der Waals surface area contributed by atoms with Gasteiger partial charge in [0.1, 0.15) is 18.2 Å². The fourth-order valence-corrected chi connectivity index (χ4v) is 2.02. The second-order valence-corrected chi connectivity index (χ2v) is 5.29. The molecular formula is C16H18ClFN2O. The maximum atomic E-state index is 13.1. The number of halogens is 2. The summed E-state index contributed by atoms with van der Waals surface area (Å²) in [5.41, 5.74) is 7.42. The first kappa shape index (κ1) is 15.7. The molecule has 21 heavy (non-hydrogen) atoms. The summed E-state index contributed by atoms with van der Waals surface area (Å²) in [6.07, 6.45) is 3.30. The molecule has 1 aromatic carbocycles. The summed E-state index contributed by atoms with van der Waals surface area (Å²) in [5.74, 6) is 0.282. The number of nitrogens with two attached hydrogens (primary N) is 1. The number of hydrogen-bond acceptors (Lipinski definition) is 3. The quantitative estimate of drug-likeness (QED) is 0.884. The highest BCUT2D eigenvalue weighted by Crippen LogP contribution is 2.19. The molecule has 0 aliphatic rings. The van der Waals surface area contributed by atoms with E-state index < -0.39 is 0 Å². The Labute approximate surface area is 128 Å². The zero-order valence-electron chi connectivity index (χ0n) is 11.9. The Morgan fingerprint density at radius 3 is 2.81 bits per heavy atom. The van der Waals surface area contributed by atoms with Crippen LogP contribution in [0.25, 0.3) is 0 Å². The maximum absolute atomic E-state index is 13.1. The molecule has 0 spiro atoms. The van der Waals surface area contributed by atoms with Crippen LogP contribution in [-0.4, -0.2) is 11.0 Å². The number of ether oxygens (including phenoxy) is 1. The van der Waals surface area contributed by atoms with Gasteiger partial charge >= 0.3 is 0 Å². The molecular weight excluding hydrogens is 291 g/mol. The lowest BCUT2D eigenvalue weighted by Gasteiger charge is -2.10. The van der Waals surface area contributed by atoms with Crippen LogP contribution in [0.1, 0.15) is 24.6 Å². The van der Waals surface area contributed by atoms with E-state index in [1.54, 1.807) is 6.20 Å². The van der Waals surface area contributed by atoms with Crippen molar-refractivity contribution >= 4 is 11.6 Å². The normalized spacial score (nSPS) is 12.2. The van der Waals surface area contributed by atoms with Crippen LogP contribution in [0.15, 0.2) is 36.5 Å². The molecule has 5 heteroatoms. The molecule has 2 N–H and O–H groups in total. The van der Waals surface area contributed by atoms with Crippen molar-refractivity contribution in [3.8, 4) is 5.75 Å². The van der Waals surface area contributed by atoms with Gasteiger partial charge in [0.05, 0.1) is 6.20 Å². The zero-order valence-corrected chi connectivity index (χ0v) is 12.6. The van der Waals surface area contributed by atoms with E-state index in [-0.39, 0.29) is 18.5 Å². The summed E-state index contributed by atoms with van der Waals surface area (Å²) >= 11 is 5.98. The summed E-state index contributed by atoms with van der Waals surface area (Å²) in [4.78, 5) is 4.31. The zero-order chi connectivity index (χ0) is 15.2. The molecule has 2 rings (SSSR count). The molecule has 1 atom stereocenters. The monoisotopic (exact) mass is 308 g/mol. The van der Waals surface area contributed by atoms with Gasteiger partial charge in [-0.3, -0.25) is 4.98 Å². The first-order valence-corrected chi connectivity index (χ1v) is 7.23. The van der Waals surface area contributed by atoms with Crippen LogP contribution in [-0.2, 0) is 13.0 Å². The first-order chi connectivity index (χ1) is 10.1. The standard InChI is InChI=1S/C16H18ClFN2O/c1-2-13(19)8-14-4-5-15(9-20-14)21-10-11-7-12(18)3-6-16(11)17/h3-7,9,13H,2,8,10,19H2,1H3. The van der Waals surface area contributed by atoms with Crippen LogP contribution in [0.2, 0.25) is 5.02 Å². The fourth-order valence-electron chi connectivity index (χ4n) is 1.85. The van der Waals surface area contributed by atoms with Crippen LogP contribution in [0.5, 0.6) is 5.75 Å². The summed E-state index contributed by atoms with van der Waals surface area (Å²) in [5, 5.41) is 0.481. The van der Waals surface area contributed by atoms with E-state index in [1.165, 1.54) is 18.2 Å². The Bertz CT molecular complexity index is 589. The fraction of sp³-hybridized carbons (Fsp3) is 0.312. The van der Waals surface area contributed by atoms with Gasteiger partial charge in [0.2, 0.25) is 0 Å². The molecule has 0 bridgehead atoms. The van der Waals surface area contributed by atoms with Gasteiger partial charge in [-0.1, -0.05) is 18.5 Å². The van der Waals surface area contributed by atoms with E-state index >= 15 is 0 Å². The van der Waals surface area contributed by atoms with Gasteiger partial charge in [0, 0.05) is 28.7 Å². The average Bonchev–Trinajstić information content (AvgIpc) is 2.49. The van der Waals surface area contributed by atoms with Crippen LogP contribution in [0.3, 0.4) is 0 Å². The third kappa shape index (κ3) is 4.69. The largest absolute Gasteiger partial charge is 0.487 e. The van der Waals surface area contributed by atoms with Crippen LogP contribution in [0.4, 0.5) is 4.39 Å². The average molecular weight is 309 g/mol. The van der Waals surface area contributed by atoms with Gasteiger partial charge in [-0.15, -0.1) is 0 Å². The van der Waals surface area contributed by atoms with E-state index in [1.807, 2.05) is 19.1 Å². The molecule has 112 valence electrons. The number of benzene rings is 1. The van der Waals surface area contributed by atoms with Crippen molar-refractivity contribution in [3.63, 3.8) is 0 Å². The van der Waals surface area contributed by atoms with Crippen molar-refractivity contribution in [1.82, 2.24) is 4.98 Å². The van der Waals surface area contributed by atoms with E-state index in [2.05, 4.69) is 4.98 Å². The van der Waals surface area contributed by atoms with E-state index in [9.17, 15) is 4.39 Å². The molecule has 2 aromatic rings. The molecule has 1 heterocycles. The maximum Gasteiger partial charge on any atom is 0.138 e. The lowest BCUT2D eigenvalue weighted by molar-refractivity contribution is 0.304. The van der Waals surface area contributed by atoms with Crippen molar-refractivity contribution in [2.24, 2.45) is 5.73 Å². The van der Waals surface area contributed by atoms with Gasteiger partial charge in [-0.2, -0.15) is 0 Å². The van der Waals surface area contributed by atoms with Crippen LogP contribution >= 0.6 is 11.6 Å². The minimum atomic E-state index is -0.333. The summed E-state index contributed by atoms with van der Waals surface area (Å²) in [6, 6.07) is 8.04. The topological polar surface area (TPSA) is 48.1 Å². The Morgan fingerprint density at radius 2 is 2.14 bits per heavy atom. The van der Waals surface area contributed by atoms with Gasteiger partial charge in [-0.25, -0.2) is 4.39 Å². The number of rotatable bonds is 6. The Hall–Kier alpha value is -1.65. The minimum absolute atomic E-state index is 0.121. The van der Waals surface area contributed by atoms with Gasteiger partial charge in [0.15, 0.2) is 0 Å². The lowest BCUT2D eigenvalue weighted by atomic mass is 10.1. The molecule has 1 unspecified atom stereocenters. The SMILES string of the molecule is CCC(N)Cc1ccc(OCc2cc(F)ccc2Cl)cn1. The Balaban J connectivity index is 1.96. The summed E-state index contributed by atoms with van der Waals surface area (Å²) < 4.78 is 18.7. The predicted octanol–water partition coefficient (Wildman–Crippen LogP) is 3.73. The molecule has 0 aliphatic carbocycles. The van der Waals surface area contributed by atoms with Crippen molar-refractivity contribution < 1.29 is 9.13 Å². The highest BCUT2D eigenvalue weighted by atomic mass is 35.5. The molecule has 0 radical (unpaired) electrons. The van der Waals surface area contributed by atoms with Crippen LogP contribution < -0.4 is 10.5 Å². The number of hydrogen-bond donors (Lipinski definition) is 1. The molecule has 0 aliphatic heterocycles. The van der Waals surface area contributed by atoms with Gasteiger partial charge < -0.3 is 10.5 Å². The molecule has 0 fully saturated rings. The summed E-state index contributed by atoms with van der Waals surface area (Å²) in [6.45, 7) is 2.25. The Kier molecular flexibility index (Phi) is 5.53. The van der Waals surface area contributed by atoms with Crippen molar-refractivity contribution in [2.45, 2.75) is 32.4 Å². The van der Waals surface area contributed by atoms with E-state index in [0.29, 0.717) is 16.3 Å². The number of aromatic nitrogens is 1. The second kappa shape index (κ2) is 7.38. The van der Waals surface area contributed by atoms with E-state index in [4.69, 9.17) is 22.1 Å². The van der Waals surface area contributed by atoms with Crippen molar-refractivity contribution in [1.29, 1.82) is 0 Å². The lowest BCUT2D eigenvalue weighted by Crippen LogP contribution is -2.21. The van der Waals surface area contributed by atoms with Crippen molar-refractivity contribution in [3.05, 3.63) is 58.6 Å². The third-order valence-electron chi connectivity index (χ3n) is 3.20. The number of nitrogens with zero attached hydrogens (tertiary/aromatic N) is 1. The predicted molar refractivity (Wildman–Crippen MR) is 81.9 cm³/mol. The number of pyridine rings is 1. The molecule has 1 aromatic heterocycles. The minimum Gasteiger partial charge on any atom is -0.487 e. The Morgan fingerprint density at radius 1 is 1.33 bits per heavy atom. The van der Waals surface area contributed by atoms with Crippen molar-refractivity contribution in [2.75, 3.05) is 0 Å². The highest BCUT2D eigenvalue weighted by molar-refractivity contribution is 6.31. The molecule has 0 amide bonds. The first-order valence-electron chi connectivity index (χ1n) is 6.85. The molecule has 3 nitrogen and oxygen atoms in total. The van der Waals surface area contributed by atoms with Crippen LogP contribution in [0, 0.1) is 5.82 Å². The third-order valence-corrected chi connectivity index (χ3v) is 3.56. The van der Waals surface area contributed by atoms with Gasteiger partial charge in [-0.05, 0) is 36.8 Å². The summed E-state index contributed by atoms with van der Waals surface area (Å²) in [7, 11) is 0. The van der Waals surface area contributed by atoms with E-state index in [0.717, 1.165) is 18.5 Å².